The average Bonchev–Trinajstić information content (AvgIpc) is 3.73. The molecule has 0 saturated heterocycles. The molecule has 67 heavy (non-hydrogen) atoms. The molecule has 0 atom stereocenters. The predicted octanol–water partition coefficient (Wildman–Crippen LogP) is 18.6. The average molecular weight is 846 g/mol. The zero-order valence-corrected chi connectivity index (χ0v) is 36.5. The van der Waals surface area contributed by atoms with E-state index in [1.54, 1.807) is 0 Å². The molecule has 0 N–H and O–H groups in total. The van der Waals surface area contributed by atoms with Crippen molar-refractivity contribution in [3.63, 3.8) is 0 Å². The minimum atomic E-state index is 1.18. The molecule has 1 heterocycles. The van der Waals surface area contributed by atoms with Crippen LogP contribution in [0, 0.1) is 0 Å². The number of hydrogen-bond donors (Lipinski definition) is 0. The van der Waals surface area contributed by atoms with Gasteiger partial charge in [-0.2, -0.15) is 0 Å². The smallest absolute Gasteiger partial charge is 0.0547 e. The highest BCUT2D eigenvalue weighted by atomic mass is 15.0. The Morgan fingerprint density at radius 3 is 0.731 bits per heavy atom. The Hall–Kier alpha value is -8.78. The van der Waals surface area contributed by atoms with Gasteiger partial charge in [0.2, 0.25) is 0 Å². The second-order valence-electron chi connectivity index (χ2n) is 18.2. The molecule has 0 amide bonds. The lowest BCUT2D eigenvalue weighted by Gasteiger charge is -2.19. The van der Waals surface area contributed by atoms with E-state index in [-0.39, 0.29) is 0 Å². The molecule has 15 aromatic rings. The van der Waals surface area contributed by atoms with Crippen LogP contribution in [0.1, 0.15) is 0 Å². The summed E-state index contributed by atoms with van der Waals surface area (Å²) in [4.78, 5) is 0. The molecule has 0 unspecified atom stereocenters. The van der Waals surface area contributed by atoms with Gasteiger partial charge < -0.3 is 4.57 Å². The van der Waals surface area contributed by atoms with Gasteiger partial charge >= 0.3 is 0 Å². The van der Waals surface area contributed by atoms with Crippen molar-refractivity contribution in [2.45, 2.75) is 0 Å². The molecule has 0 radical (unpaired) electrons. The van der Waals surface area contributed by atoms with E-state index in [1.807, 2.05) is 0 Å². The standard InChI is InChI=1S/C66H39N/c1-2-19-41-40(18-1)44-22-5-9-26-48(44)55-36-59-54-32-17-35-65(67-63-33-15-13-30-52(63)53-31-14-16-34-64(53)67)66(54)62-39-58-51-29-12-8-25-47(51)43-21-4-3-20-42(43)46-24-7-11-28-50(46)57(58)38-61(62)60(59)37-56(55)49-27-10-6-23-45(41)49/h1-39H. The Kier molecular flexibility index (Phi) is 7.56. The summed E-state index contributed by atoms with van der Waals surface area (Å²) in [5.74, 6) is 0. The van der Waals surface area contributed by atoms with Crippen LogP contribution in [-0.4, -0.2) is 4.57 Å². The van der Waals surface area contributed by atoms with Gasteiger partial charge in [-0.1, -0.05) is 194 Å². The highest BCUT2D eigenvalue weighted by Crippen LogP contribution is 2.47. The zero-order valence-electron chi connectivity index (χ0n) is 36.5. The van der Waals surface area contributed by atoms with Crippen LogP contribution in [0.5, 0.6) is 0 Å². The van der Waals surface area contributed by atoms with Crippen LogP contribution in [0.2, 0.25) is 0 Å². The van der Waals surface area contributed by atoms with Gasteiger partial charge in [-0.25, -0.2) is 0 Å². The second kappa shape index (κ2) is 13.9. The number of para-hydroxylation sites is 2. The van der Waals surface area contributed by atoms with E-state index in [1.165, 1.54) is 146 Å². The molecule has 15 rings (SSSR count). The van der Waals surface area contributed by atoms with Crippen molar-refractivity contribution >= 4 is 140 Å². The van der Waals surface area contributed by atoms with E-state index in [4.69, 9.17) is 0 Å². The second-order valence-corrected chi connectivity index (χ2v) is 18.2. The number of fused-ring (bicyclic) bond motifs is 25. The molecular formula is C66H39N. The fraction of sp³-hybridized carbons (Fsp3) is 0. The lowest BCUT2D eigenvalue weighted by atomic mass is 9.86. The molecule has 0 aliphatic carbocycles. The molecule has 0 spiro atoms. The first-order valence-electron chi connectivity index (χ1n) is 23.3. The summed E-state index contributed by atoms with van der Waals surface area (Å²) in [6.45, 7) is 0. The normalized spacial score (nSPS) is 12.2. The molecule has 0 saturated carbocycles. The van der Waals surface area contributed by atoms with E-state index >= 15 is 0 Å². The fourth-order valence-corrected chi connectivity index (χ4v) is 12.1. The highest BCUT2D eigenvalue weighted by molar-refractivity contribution is 6.37. The maximum atomic E-state index is 2.55. The molecule has 0 aliphatic rings. The van der Waals surface area contributed by atoms with Gasteiger partial charge in [0.1, 0.15) is 0 Å². The minimum absolute atomic E-state index is 1.18. The first-order valence-corrected chi connectivity index (χ1v) is 23.3. The monoisotopic (exact) mass is 845 g/mol. The van der Waals surface area contributed by atoms with Crippen molar-refractivity contribution < 1.29 is 0 Å². The minimum Gasteiger partial charge on any atom is -0.309 e. The largest absolute Gasteiger partial charge is 0.309 e. The summed E-state index contributed by atoms with van der Waals surface area (Å²) in [5, 5.41) is 29.9. The van der Waals surface area contributed by atoms with Gasteiger partial charge in [-0.3, -0.25) is 0 Å². The van der Waals surface area contributed by atoms with Gasteiger partial charge in [-0.05, 0) is 156 Å². The third kappa shape index (κ3) is 5.09. The van der Waals surface area contributed by atoms with E-state index in [0.717, 1.165) is 0 Å². The summed E-state index contributed by atoms with van der Waals surface area (Å²) in [6, 6.07) is 89.0. The Bertz CT molecular complexity index is 4690. The van der Waals surface area contributed by atoms with Gasteiger partial charge in [0, 0.05) is 16.2 Å². The van der Waals surface area contributed by atoms with Gasteiger partial charge in [0.05, 0.1) is 16.7 Å². The lowest BCUT2D eigenvalue weighted by Crippen LogP contribution is -1.97. The van der Waals surface area contributed by atoms with E-state index < -0.39 is 0 Å². The van der Waals surface area contributed by atoms with Crippen molar-refractivity contribution in [1.29, 1.82) is 0 Å². The van der Waals surface area contributed by atoms with E-state index in [0.29, 0.717) is 0 Å². The third-order valence-corrected chi connectivity index (χ3v) is 14.9. The van der Waals surface area contributed by atoms with Gasteiger partial charge in [-0.15, -0.1) is 0 Å². The Labute approximate surface area is 385 Å². The van der Waals surface area contributed by atoms with Crippen molar-refractivity contribution in [3.05, 3.63) is 237 Å². The molecule has 1 aromatic heterocycles. The summed E-state index contributed by atoms with van der Waals surface area (Å²) >= 11 is 0. The van der Waals surface area contributed by atoms with Gasteiger partial charge in [0.15, 0.2) is 0 Å². The summed E-state index contributed by atoms with van der Waals surface area (Å²) in [5.41, 5.74) is 3.58. The molecule has 0 aliphatic heterocycles. The summed E-state index contributed by atoms with van der Waals surface area (Å²) in [7, 11) is 0. The molecule has 1 nitrogen and oxygen atoms in total. The lowest BCUT2D eigenvalue weighted by molar-refractivity contribution is 1.20. The predicted molar refractivity (Wildman–Crippen MR) is 291 cm³/mol. The number of hydrogen-bond acceptors (Lipinski definition) is 0. The fourth-order valence-electron chi connectivity index (χ4n) is 12.1. The van der Waals surface area contributed by atoms with Crippen LogP contribution in [0.3, 0.4) is 0 Å². The molecule has 1 heteroatoms. The quantitative estimate of drug-likeness (QED) is 0.145. The van der Waals surface area contributed by atoms with Crippen LogP contribution in [-0.2, 0) is 0 Å². The van der Waals surface area contributed by atoms with Gasteiger partial charge in [0.25, 0.3) is 0 Å². The van der Waals surface area contributed by atoms with Crippen molar-refractivity contribution in [1.82, 2.24) is 4.57 Å². The highest BCUT2D eigenvalue weighted by Gasteiger charge is 2.21. The molecular weight excluding hydrogens is 807 g/mol. The first kappa shape index (κ1) is 36.5. The number of benzene rings is 12. The number of rotatable bonds is 1. The Morgan fingerprint density at radius 2 is 0.388 bits per heavy atom. The molecule has 14 aromatic carbocycles. The Morgan fingerprint density at radius 1 is 0.164 bits per heavy atom. The van der Waals surface area contributed by atoms with Crippen LogP contribution < -0.4 is 0 Å². The molecule has 0 bridgehead atoms. The maximum Gasteiger partial charge on any atom is 0.0547 e. The summed E-state index contributed by atoms with van der Waals surface area (Å²) in [6.07, 6.45) is 0. The number of nitrogens with zero attached hydrogens (tertiary/aromatic N) is 1. The Balaban J connectivity index is 1.26. The molecule has 308 valence electrons. The zero-order chi connectivity index (χ0) is 43.7. The van der Waals surface area contributed by atoms with Crippen LogP contribution in [0.25, 0.3) is 146 Å². The van der Waals surface area contributed by atoms with Crippen LogP contribution in [0.15, 0.2) is 237 Å². The first-order chi connectivity index (χ1) is 33.3. The molecule has 0 fully saturated rings. The van der Waals surface area contributed by atoms with E-state index in [9.17, 15) is 0 Å². The third-order valence-electron chi connectivity index (χ3n) is 14.9. The van der Waals surface area contributed by atoms with Crippen molar-refractivity contribution in [2.24, 2.45) is 0 Å². The SMILES string of the molecule is c1ccc2c(c1)c1ccccc1c1cc3c(cc1c1ccccc21)c1cccc(-n2c4ccccc4c4ccccc42)c1c1cc2c4ccccc4c4ccccc4c4ccccc4c2cc31. The summed E-state index contributed by atoms with van der Waals surface area (Å²) < 4.78 is 2.52. The van der Waals surface area contributed by atoms with Crippen molar-refractivity contribution in [2.75, 3.05) is 0 Å². The number of aromatic nitrogens is 1. The van der Waals surface area contributed by atoms with E-state index in [2.05, 4.69) is 241 Å². The van der Waals surface area contributed by atoms with Crippen LogP contribution in [0.4, 0.5) is 0 Å². The maximum absolute atomic E-state index is 2.55. The van der Waals surface area contributed by atoms with Crippen molar-refractivity contribution in [3.8, 4) is 5.69 Å². The van der Waals surface area contributed by atoms with Crippen LogP contribution >= 0.6 is 0 Å². The topological polar surface area (TPSA) is 4.93 Å².